The van der Waals surface area contributed by atoms with Gasteiger partial charge in [0.2, 0.25) is 0 Å². The quantitative estimate of drug-likeness (QED) is 0.379. The van der Waals surface area contributed by atoms with Gasteiger partial charge in [-0.1, -0.05) is 18.2 Å². The number of amides is 2. The maximum Gasteiger partial charge on any atom is 0.423 e. The average molecular weight is 491 g/mol. The largest absolute Gasteiger partial charge is 0.496 e. The second kappa shape index (κ2) is 9.95. The van der Waals surface area contributed by atoms with Gasteiger partial charge < -0.3 is 23.6 Å². The van der Waals surface area contributed by atoms with Gasteiger partial charge in [0.05, 0.1) is 36.3 Å². The number of hydrogen-bond acceptors (Lipinski definition) is 8. The van der Waals surface area contributed by atoms with E-state index >= 15 is 0 Å². The van der Waals surface area contributed by atoms with Crippen LogP contribution in [0.25, 0.3) is 22.6 Å². The number of carbonyl (C=O) groups is 2. The number of methoxy groups -OCH3 is 1. The van der Waals surface area contributed by atoms with E-state index in [0.29, 0.717) is 39.6 Å². The van der Waals surface area contributed by atoms with Gasteiger partial charge >= 0.3 is 12.1 Å². The first-order valence-corrected chi connectivity index (χ1v) is 11.1. The lowest BCUT2D eigenvalue weighted by Gasteiger charge is -2.25. The average Bonchev–Trinajstić information content (AvgIpc) is 3.55. The van der Waals surface area contributed by atoms with Crippen molar-refractivity contribution in [2.45, 2.75) is 26.4 Å². The van der Waals surface area contributed by atoms with Crippen molar-refractivity contribution < 1.29 is 27.9 Å². The summed E-state index contributed by atoms with van der Waals surface area (Å²) in [6, 6.07) is 12.0. The normalized spacial score (nSPS) is 11.1. The van der Waals surface area contributed by atoms with Crippen molar-refractivity contribution in [3.05, 3.63) is 66.8 Å². The van der Waals surface area contributed by atoms with Crippen LogP contribution in [0.5, 0.6) is 5.75 Å². The third-order valence-corrected chi connectivity index (χ3v) is 5.07. The molecule has 0 saturated heterocycles. The van der Waals surface area contributed by atoms with Crippen LogP contribution >= 0.6 is 0 Å². The minimum Gasteiger partial charge on any atom is -0.496 e. The summed E-state index contributed by atoms with van der Waals surface area (Å²) >= 11 is 0. The minimum atomic E-state index is -0.777. The highest BCUT2D eigenvalue weighted by Crippen LogP contribution is 2.37. The first-order valence-electron chi connectivity index (χ1n) is 11.1. The molecule has 0 saturated carbocycles. The highest BCUT2D eigenvalue weighted by Gasteiger charge is 2.30. The van der Waals surface area contributed by atoms with Gasteiger partial charge in [-0.05, 0) is 39.0 Å². The monoisotopic (exact) mass is 490 g/mol. The van der Waals surface area contributed by atoms with Gasteiger partial charge in [0.15, 0.2) is 17.9 Å². The molecule has 0 bridgehead atoms. The van der Waals surface area contributed by atoms with Crippen LogP contribution in [0.3, 0.4) is 0 Å². The molecule has 0 unspecified atom stereocenters. The maximum absolute atomic E-state index is 13.3. The number of anilines is 2. The fourth-order valence-corrected chi connectivity index (χ4v) is 3.50. The molecule has 0 fully saturated rings. The second-order valence-corrected chi connectivity index (χ2v) is 8.70. The molecular weight excluding hydrogens is 464 g/mol. The molecule has 10 nitrogen and oxygen atoms in total. The predicted octanol–water partition coefficient (Wildman–Crippen LogP) is 5.44. The molecule has 2 aromatic carbocycles. The predicted molar refractivity (Wildman–Crippen MR) is 132 cm³/mol. The van der Waals surface area contributed by atoms with Crippen LogP contribution in [0.15, 0.2) is 70.1 Å². The van der Waals surface area contributed by atoms with E-state index in [-0.39, 0.29) is 11.9 Å². The van der Waals surface area contributed by atoms with Crippen LogP contribution in [0.4, 0.5) is 16.5 Å². The molecule has 4 aromatic rings. The van der Waals surface area contributed by atoms with E-state index in [2.05, 4.69) is 15.3 Å². The first kappa shape index (κ1) is 24.5. The molecule has 2 amide bonds. The lowest BCUT2D eigenvalue weighted by molar-refractivity contribution is 0.0592. The van der Waals surface area contributed by atoms with Crippen LogP contribution in [-0.4, -0.2) is 41.7 Å². The molecule has 0 aliphatic rings. The molecular formula is C26H26N4O6. The molecule has 1 N–H and O–H groups in total. The summed E-state index contributed by atoms with van der Waals surface area (Å²) in [5, 5.41) is 2.61. The summed E-state index contributed by atoms with van der Waals surface area (Å²) in [7, 11) is 3.06. The van der Waals surface area contributed by atoms with Crippen LogP contribution < -0.4 is 15.0 Å². The van der Waals surface area contributed by atoms with Gasteiger partial charge in [-0.25, -0.2) is 14.8 Å². The second-order valence-electron chi connectivity index (χ2n) is 8.70. The molecule has 0 aliphatic heterocycles. The molecule has 186 valence electrons. The van der Waals surface area contributed by atoms with E-state index in [4.69, 9.17) is 18.3 Å². The van der Waals surface area contributed by atoms with Gasteiger partial charge in [0, 0.05) is 18.7 Å². The highest BCUT2D eigenvalue weighted by molar-refractivity contribution is 6.00. The van der Waals surface area contributed by atoms with Crippen molar-refractivity contribution >= 4 is 23.7 Å². The molecule has 0 aliphatic carbocycles. The van der Waals surface area contributed by atoms with Crippen LogP contribution in [0.2, 0.25) is 0 Å². The van der Waals surface area contributed by atoms with Crippen LogP contribution in [0, 0.1) is 0 Å². The zero-order valence-electron chi connectivity index (χ0n) is 20.6. The number of hydrogen-bond donors (Lipinski definition) is 1. The van der Waals surface area contributed by atoms with Gasteiger partial charge in [0.1, 0.15) is 11.4 Å². The van der Waals surface area contributed by atoms with E-state index < -0.39 is 11.7 Å². The topological polar surface area (TPSA) is 120 Å². The SMILES string of the molecule is CNC(=O)c1ccccc1-c1cnc(N(C(=O)OC(C)(C)C)c2ccc(-c3cnco3)c(OC)c2)o1. The van der Waals surface area contributed by atoms with E-state index in [9.17, 15) is 9.59 Å². The highest BCUT2D eigenvalue weighted by atomic mass is 16.6. The first-order chi connectivity index (χ1) is 17.2. The summed E-state index contributed by atoms with van der Waals surface area (Å²) in [4.78, 5) is 35.1. The van der Waals surface area contributed by atoms with Gasteiger partial charge in [-0.15, -0.1) is 0 Å². The summed E-state index contributed by atoms with van der Waals surface area (Å²) in [6.45, 7) is 5.28. The number of oxazole rings is 2. The summed E-state index contributed by atoms with van der Waals surface area (Å²) in [5.41, 5.74) is 1.19. The lowest BCUT2D eigenvalue weighted by Crippen LogP contribution is -2.34. The summed E-state index contributed by atoms with van der Waals surface area (Å²) in [6.07, 6.45) is 3.63. The van der Waals surface area contributed by atoms with Gasteiger partial charge in [0.25, 0.3) is 5.91 Å². The Morgan fingerprint density at radius 2 is 1.81 bits per heavy atom. The zero-order valence-corrected chi connectivity index (χ0v) is 20.6. The Kier molecular flexibility index (Phi) is 6.77. The van der Waals surface area contributed by atoms with Gasteiger partial charge in [-0.2, -0.15) is 4.90 Å². The van der Waals surface area contributed by atoms with Gasteiger partial charge in [-0.3, -0.25) is 4.79 Å². The number of aromatic nitrogens is 2. The van der Waals surface area contributed by atoms with Crippen molar-refractivity contribution in [1.29, 1.82) is 0 Å². The summed E-state index contributed by atoms with van der Waals surface area (Å²) in [5.74, 6) is 0.976. The summed E-state index contributed by atoms with van der Waals surface area (Å²) < 4.78 is 22.6. The maximum atomic E-state index is 13.3. The fraction of sp³-hybridized carbons (Fsp3) is 0.231. The molecule has 36 heavy (non-hydrogen) atoms. The number of rotatable bonds is 6. The number of nitrogens with zero attached hydrogens (tertiary/aromatic N) is 3. The molecule has 2 aromatic heterocycles. The van der Waals surface area contributed by atoms with Crippen molar-refractivity contribution in [3.8, 4) is 28.4 Å². The van der Waals surface area contributed by atoms with E-state index in [1.807, 2.05) is 0 Å². The Balaban J connectivity index is 1.79. The Bertz CT molecular complexity index is 1370. The number of ether oxygens (including phenoxy) is 2. The van der Waals surface area contributed by atoms with Crippen LogP contribution in [-0.2, 0) is 4.74 Å². The zero-order chi connectivity index (χ0) is 25.9. The van der Waals surface area contributed by atoms with E-state index in [0.717, 1.165) is 0 Å². The molecule has 10 heteroatoms. The Hall–Kier alpha value is -4.60. The Morgan fingerprint density at radius 1 is 1.03 bits per heavy atom. The third kappa shape index (κ3) is 5.07. The van der Waals surface area contributed by atoms with Crippen molar-refractivity contribution in [2.75, 3.05) is 19.1 Å². The standard InChI is InChI=1S/C26H26N4O6/c1-26(2,3)36-25(32)30(16-10-11-19(20(12-16)33-5)21-13-28-15-34-21)24-29-14-22(35-24)17-8-6-7-9-18(17)23(31)27-4/h6-15H,1-5H3,(H,27,31). The molecule has 0 radical (unpaired) electrons. The Labute approximate surface area is 207 Å². The van der Waals surface area contributed by atoms with Crippen molar-refractivity contribution in [2.24, 2.45) is 0 Å². The molecule has 0 atom stereocenters. The number of carbonyl (C=O) groups excluding carboxylic acids is 2. The molecule has 0 spiro atoms. The Morgan fingerprint density at radius 3 is 2.47 bits per heavy atom. The van der Waals surface area contributed by atoms with E-state index in [1.54, 1.807) is 76.5 Å². The minimum absolute atomic E-state index is 0.0413. The molecule has 2 heterocycles. The van der Waals surface area contributed by atoms with E-state index in [1.165, 1.54) is 24.6 Å². The fourth-order valence-electron chi connectivity index (χ4n) is 3.50. The number of nitrogens with one attached hydrogen (secondary N) is 1. The molecule has 4 rings (SSSR count). The number of benzene rings is 2. The van der Waals surface area contributed by atoms with Crippen molar-refractivity contribution in [1.82, 2.24) is 15.3 Å². The lowest BCUT2D eigenvalue weighted by atomic mass is 10.1. The smallest absolute Gasteiger partial charge is 0.423 e. The van der Waals surface area contributed by atoms with Crippen molar-refractivity contribution in [3.63, 3.8) is 0 Å². The third-order valence-electron chi connectivity index (χ3n) is 5.07. The van der Waals surface area contributed by atoms with Crippen LogP contribution in [0.1, 0.15) is 31.1 Å².